The van der Waals surface area contributed by atoms with Crippen LogP contribution in [0.25, 0.3) is 0 Å². The van der Waals surface area contributed by atoms with Crippen LogP contribution in [0.1, 0.15) is 31.7 Å². The van der Waals surface area contributed by atoms with E-state index in [0.717, 1.165) is 31.4 Å². The van der Waals surface area contributed by atoms with Gasteiger partial charge in [-0.1, -0.05) is 36.2 Å². The van der Waals surface area contributed by atoms with Crippen LogP contribution in [-0.2, 0) is 11.2 Å². The zero-order chi connectivity index (χ0) is 13.2. The van der Waals surface area contributed by atoms with Crippen molar-refractivity contribution in [3.8, 4) is 0 Å². The molecule has 0 radical (unpaired) electrons. The van der Waals surface area contributed by atoms with Crippen LogP contribution in [0.4, 0.5) is 0 Å². The van der Waals surface area contributed by atoms with Crippen molar-refractivity contribution >= 4 is 29.0 Å². The van der Waals surface area contributed by atoms with Gasteiger partial charge in [0.05, 0.1) is 15.6 Å². The molecule has 0 bridgehead atoms. The minimum absolute atomic E-state index is 0.251. The van der Waals surface area contributed by atoms with Gasteiger partial charge in [-0.2, -0.15) is 0 Å². The summed E-state index contributed by atoms with van der Waals surface area (Å²) in [5.74, 6) is 0.251. The van der Waals surface area contributed by atoms with E-state index in [9.17, 15) is 4.79 Å². The van der Waals surface area contributed by atoms with Gasteiger partial charge in [-0.25, -0.2) is 0 Å². The molecule has 1 aromatic carbocycles. The monoisotopic (exact) mass is 285 g/mol. The molecule has 1 aliphatic rings. The Morgan fingerprint density at radius 1 is 1.39 bits per heavy atom. The molecule has 1 fully saturated rings. The molecular formula is C14H17Cl2NO. The topological polar surface area (TPSA) is 29.1 Å². The molecule has 1 N–H and O–H groups in total. The second kappa shape index (κ2) is 5.60. The number of nitrogens with one attached hydrogen (secondary N) is 1. The molecule has 0 spiro atoms. The zero-order valence-electron chi connectivity index (χ0n) is 10.4. The highest BCUT2D eigenvalue weighted by Crippen LogP contribution is 2.27. The second-order valence-electron chi connectivity index (χ2n) is 4.81. The molecule has 0 saturated carbocycles. The highest BCUT2D eigenvalue weighted by atomic mass is 35.5. The summed E-state index contributed by atoms with van der Waals surface area (Å²) >= 11 is 11.8. The lowest BCUT2D eigenvalue weighted by molar-refractivity contribution is -0.124. The average Bonchev–Trinajstić information content (AvgIpc) is 2.84. The molecule has 1 heterocycles. The standard InChI is InChI=1S/C14H17Cl2NO/c1-2-14(6-3-7-17-14)13(18)9-10-4-5-11(15)12(16)8-10/h4-5,8,17H,2-3,6-7,9H2,1H3. The van der Waals surface area contributed by atoms with E-state index in [2.05, 4.69) is 12.2 Å². The Hall–Kier alpha value is -0.570. The molecule has 2 nitrogen and oxygen atoms in total. The number of Topliss-reactive ketones (excluding diaryl/α,β-unsaturated/α-hetero) is 1. The summed E-state index contributed by atoms with van der Waals surface area (Å²) in [4.78, 5) is 12.4. The van der Waals surface area contributed by atoms with Gasteiger partial charge < -0.3 is 5.32 Å². The Morgan fingerprint density at radius 2 is 2.17 bits per heavy atom. The van der Waals surface area contributed by atoms with Crippen molar-refractivity contribution < 1.29 is 4.79 Å². The number of rotatable bonds is 4. The highest BCUT2D eigenvalue weighted by Gasteiger charge is 2.38. The van der Waals surface area contributed by atoms with Gasteiger partial charge >= 0.3 is 0 Å². The van der Waals surface area contributed by atoms with Crippen molar-refractivity contribution in [3.05, 3.63) is 33.8 Å². The maximum absolute atomic E-state index is 12.4. The maximum atomic E-state index is 12.4. The summed E-state index contributed by atoms with van der Waals surface area (Å²) in [6.07, 6.45) is 3.26. The quantitative estimate of drug-likeness (QED) is 0.915. The van der Waals surface area contributed by atoms with Gasteiger partial charge in [-0.3, -0.25) is 4.79 Å². The SMILES string of the molecule is CCC1(C(=O)Cc2ccc(Cl)c(Cl)c2)CCCN1. The molecule has 1 unspecified atom stereocenters. The average molecular weight is 286 g/mol. The Balaban J connectivity index is 2.13. The van der Waals surface area contributed by atoms with E-state index >= 15 is 0 Å². The minimum atomic E-state index is -0.327. The minimum Gasteiger partial charge on any atom is -0.305 e. The fourth-order valence-electron chi connectivity index (χ4n) is 2.55. The third-order valence-corrected chi connectivity index (χ3v) is 4.47. The van der Waals surface area contributed by atoms with Gasteiger partial charge in [0, 0.05) is 6.42 Å². The number of carbonyl (C=O) groups is 1. The number of benzene rings is 1. The Bertz CT molecular complexity index is 453. The number of hydrogen-bond acceptors (Lipinski definition) is 2. The first-order valence-electron chi connectivity index (χ1n) is 6.29. The number of hydrogen-bond donors (Lipinski definition) is 1. The van der Waals surface area contributed by atoms with E-state index in [1.165, 1.54) is 0 Å². The van der Waals surface area contributed by atoms with Gasteiger partial charge in [-0.15, -0.1) is 0 Å². The Morgan fingerprint density at radius 3 is 2.72 bits per heavy atom. The van der Waals surface area contributed by atoms with E-state index in [4.69, 9.17) is 23.2 Å². The van der Waals surface area contributed by atoms with Crippen LogP contribution < -0.4 is 5.32 Å². The van der Waals surface area contributed by atoms with E-state index in [0.29, 0.717) is 16.5 Å². The summed E-state index contributed by atoms with van der Waals surface area (Å²) < 4.78 is 0. The van der Waals surface area contributed by atoms with Crippen LogP contribution in [0.15, 0.2) is 18.2 Å². The van der Waals surface area contributed by atoms with Crippen molar-refractivity contribution in [1.29, 1.82) is 0 Å². The molecule has 1 atom stereocenters. The molecule has 0 amide bonds. The number of ketones is 1. The Kier molecular flexibility index (Phi) is 4.31. The van der Waals surface area contributed by atoms with Crippen LogP contribution >= 0.6 is 23.2 Å². The molecule has 18 heavy (non-hydrogen) atoms. The third-order valence-electron chi connectivity index (χ3n) is 3.73. The molecule has 2 rings (SSSR count). The fourth-order valence-corrected chi connectivity index (χ4v) is 2.87. The van der Waals surface area contributed by atoms with Crippen molar-refractivity contribution in [3.63, 3.8) is 0 Å². The smallest absolute Gasteiger partial charge is 0.157 e. The lowest BCUT2D eigenvalue weighted by atomic mass is 9.86. The van der Waals surface area contributed by atoms with Crippen LogP contribution in [0.5, 0.6) is 0 Å². The van der Waals surface area contributed by atoms with Crippen LogP contribution in [0.2, 0.25) is 10.0 Å². The fraction of sp³-hybridized carbons (Fsp3) is 0.500. The molecular weight excluding hydrogens is 269 g/mol. The number of halogens is 2. The van der Waals surface area contributed by atoms with Gasteiger partial charge in [0.25, 0.3) is 0 Å². The highest BCUT2D eigenvalue weighted by molar-refractivity contribution is 6.42. The molecule has 4 heteroatoms. The van der Waals surface area contributed by atoms with Crippen molar-refractivity contribution in [2.75, 3.05) is 6.54 Å². The molecule has 1 aliphatic heterocycles. The maximum Gasteiger partial charge on any atom is 0.157 e. The summed E-state index contributed by atoms with van der Waals surface area (Å²) in [5.41, 5.74) is 0.600. The predicted octanol–water partition coefficient (Wildman–Crippen LogP) is 3.64. The van der Waals surface area contributed by atoms with Gasteiger partial charge in [0.1, 0.15) is 0 Å². The van der Waals surface area contributed by atoms with Gasteiger partial charge in [0.2, 0.25) is 0 Å². The van der Waals surface area contributed by atoms with E-state index in [-0.39, 0.29) is 11.3 Å². The van der Waals surface area contributed by atoms with E-state index in [1.807, 2.05) is 6.07 Å². The van der Waals surface area contributed by atoms with Gasteiger partial charge in [0.15, 0.2) is 5.78 Å². The van der Waals surface area contributed by atoms with Crippen LogP contribution in [0, 0.1) is 0 Å². The van der Waals surface area contributed by atoms with Crippen molar-refractivity contribution in [2.45, 2.75) is 38.1 Å². The zero-order valence-corrected chi connectivity index (χ0v) is 11.9. The molecule has 1 aromatic rings. The second-order valence-corrected chi connectivity index (χ2v) is 5.63. The summed E-state index contributed by atoms with van der Waals surface area (Å²) in [5, 5.41) is 4.39. The molecule has 98 valence electrons. The third kappa shape index (κ3) is 2.71. The normalized spacial score (nSPS) is 23.3. The van der Waals surface area contributed by atoms with Crippen molar-refractivity contribution in [2.24, 2.45) is 0 Å². The van der Waals surface area contributed by atoms with Gasteiger partial charge in [-0.05, 0) is 43.5 Å². The largest absolute Gasteiger partial charge is 0.305 e. The predicted molar refractivity (Wildman–Crippen MR) is 75.4 cm³/mol. The first kappa shape index (κ1) is 13.9. The van der Waals surface area contributed by atoms with E-state index < -0.39 is 0 Å². The lowest BCUT2D eigenvalue weighted by Crippen LogP contribution is -2.47. The van der Waals surface area contributed by atoms with Crippen molar-refractivity contribution in [1.82, 2.24) is 5.32 Å². The first-order valence-corrected chi connectivity index (χ1v) is 7.05. The lowest BCUT2D eigenvalue weighted by Gasteiger charge is -2.26. The van der Waals surface area contributed by atoms with Crippen LogP contribution in [-0.4, -0.2) is 17.9 Å². The molecule has 0 aliphatic carbocycles. The summed E-state index contributed by atoms with van der Waals surface area (Å²) in [6.45, 7) is 2.99. The summed E-state index contributed by atoms with van der Waals surface area (Å²) in [6, 6.07) is 5.39. The van der Waals surface area contributed by atoms with Crippen LogP contribution in [0.3, 0.4) is 0 Å². The Labute approximate surface area is 118 Å². The summed E-state index contributed by atoms with van der Waals surface area (Å²) in [7, 11) is 0. The van der Waals surface area contributed by atoms with E-state index in [1.54, 1.807) is 12.1 Å². The first-order chi connectivity index (χ1) is 8.57. The number of carbonyl (C=O) groups excluding carboxylic acids is 1. The molecule has 0 aromatic heterocycles. The molecule has 1 saturated heterocycles.